The summed E-state index contributed by atoms with van der Waals surface area (Å²) in [5.74, 6) is -0.148. The van der Waals surface area contributed by atoms with Crippen LogP contribution < -0.4 is 10.2 Å². The maximum Gasteiger partial charge on any atom is 0.265 e. The zero-order valence-electron chi connectivity index (χ0n) is 20.9. The molecule has 2 amide bonds. The molecule has 5 heteroatoms. The van der Waals surface area contributed by atoms with Crippen LogP contribution in [0.25, 0.3) is 6.08 Å². The van der Waals surface area contributed by atoms with E-state index in [0.717, 1.165) is 27.3 Å². The number of aryl methyl sites for hydroxylation is 2. The Labute approximate surface area is 222 Å². The van der Waals surface area contributed by atoms with Gasteiger partial charge in [0.05, 0.1) is 17.1 Å². The SMILES string of the molecule is Cc1ccc(CNC(=O)c2ccc(C=C3Sc4ccccc4N(Cc4ccc(C)cc4)C3=O)cc2)cc1. The van der Waals surface area contributed by atoms with Gasteiger partial charge in [0.2, 0.25) is 0 Å². The lowest BCUT2D eigenvalue weighted by Crippen LogP contribution is -2.33. The Morgan fingerprint density at radius 1 is 0.811 bits per heavy atom. The highest BCUT2D eigenvalue weighted by Gasteiger charge is 2.29. The minimum absolute atomic E-state index is 0.0239. The second-order valence-corrected chi connectivity index (χ2v) is 10.3. The molecule has 1 aliphatic heterocycles. The third-order valence-electron chi connectivity index (χ3n) is 6.34. The molecule has 5 rings (SSSR count). The lowest BCUT2D eigenvalue weighted by molar-refractivity contribution is -0.114. The van der Waals surface area contributed by atoms with Gasteiger partial charge in [0.1, 0.15) is 0 Å². The van der Waals surface area contributed by atoms with Crippen LogP contribution in [0.3, 0.4) is 0 Å². The molecule has 1 N–H and O–H groups in total. The van der Waals surface area contributed by atoms with Crippen LogP contribution in [-0.4, -0.2) is 11.8 Å². The zero-order valence-corrected chi connectivity index (χ0v) is 21.7. The number of para-hydroxylation sites is 1. The first kappa shape index (κ1) is 24.6. The number of hydrogen-bond acceptors (Lipinski definition) is 3. The molecule has 0 unspecified atom stereocenters. The Balaban J connectivity index is 1.32. The number of thioether (sulfide) groups is 1. The average molecular weight is 505 g/mol. The first-order valence-electron chi connectivity index (χ1n) is 12.3. The van der Waals surface area contributed by atoms with Crippen molar-refractivity contribution in [3.05, 3.63) is 135 Å². The topological polar surface area (TPSA) is 49.4 Å². The van der Waals surface area contributed by atoms with Crippen LogP contribution in [-0.2, 0) is 17.9 Å². The van der Waals surface area contributed by atoms with Gasteiger partial charge in [0.15, 0.2) is 0 Å². The van der Waals surface area contributed by atoms with E-state index in [0.29, 0.717) is 23.6 Å². The normalized spacial score (nSPS) is 13.9. The molecule has 0 radical (unpaired) electrons. The Bertz CT molecular complexity index is 1460. The molecule has 0 saturated carbocycles. The summed E-state index contributed by atoms with van der Waals surface area (Å²) in [6.45, 7) is 5.08. The van der Waals surface area contributed by atoms with Crippen molar-refractivity contribution >= 4 is 35.3 Å². The van der Waals surface area contributed by atoms with Crippen molar-refractivity contribution in [2.45, 2.75) is 31.8 Å². The lowest BCUT2D eigenvalue weighted by atomic mass is 10.1. The van der Waals surface area contributed by atoms with Crippen LogP contribution in [0.4, 0.5) is 5.69 Å². The fourth-order valence-electron chi connectivity index (χ4n) is 4.17. The van der Waals surface area contributed by atoms with E-state index in [1.807, 2.05) is 78.6 Å². The van der Waals surface area contributed by atoms with E-state index >= 15 is 0 Å². The van der Waals surface area contributed by atoms with Crippen molar-refractivity contribution in [3.8, 4) is 0 Å². The number of amides is 2. The summed E-state index contributed by atoms with van der Waals surface area (Å²) < 4.78 is 0. The van der Waals surface area contributed by atoms with Gasteiger partial charge in [-0.25, -0.2) is 0 Å². The van der Waals surface area contributed by atoms with Crippen LogP contribution >= 0.6 is 11.8 Å². The molecular formula is C32H28N2O2S. The molecule has 0 spiro atoms. The third kappa shape index (κ3) is 5.84. The molecule has 1 heterocycles. The highest BCUT2D eigenvalue weighted by atomic mass is 32.2. The number of carbonyl (C=O) groups is 2. The summed E-state index contributed by atoms with van der Waals surface area (Å²) in [4.78, 5) is 29.7. The first-order valence-corrected chi connectivity index (χ1v) is 13.1. The smallest absolute Gasteiger partial charge is 0.265 e. The highest BCUT2D eigenvalue weighted by Crippen LogP contribution is 2.42. The Hall–Kier alpha value is -4.09. The van der Waals surface area contributed by atoms with Crippen LogP contribution in [0, 0.1) is 13.8 Å². The quantitative estimate of drug-likeness (QED) is 0.290. The van der Waals surface area contributed by atoms with E-state index in [1.165, 1.54) is 22.9 Å². The van der Waals surface area contributed by atoms with Gasteiger partial charge in [-0.15, -0.1) is 0 Å². The molecule has 0 bridgehead atoms. The van der Waals surface area contributed by atoms with Crippen molar-refractivity contribution in [2.75, 3.05) is 4.90 Å². The molecule has 0 saturated heterocycles. The van der Waals surface area contributed by atoms with Crippen molar-refractivity contribution in [2.24, 2.45) is 0 Å². The van der Waals surface area contributed by atoms with Crippen LogP contribution in [0.1, 0.15) is 38.2 Å². The van der Waals surface area contributed by atoms with Gasteiger partial charge < -0.3 is 10.2 Å². The van der Waals surface area contributed by atoms with Gasteiger partial charge in [-0.1, -0.05) is 95.7 Å². The minimum Gasteiger partial charge on any atom is -0.348 e. The summed E-state index contributed by atoms with van der Waals surface area (Å²) in [6, 6.07) is 31.7. The number of fused-ring (bicyclic) bond motifs is 1. The fraction of sp³-hybridized carbons (Fsp3) is 0.125. The van der Waals surface area contributed by atoms with E-state index in [4.69, 9.17) is 0 Å². The number of benzene rings is 4. The maximum absolute atomic E-state index is 13.6. The largest absolute Gasteiger partial charge is 0.348 e. The highest BCUT2D eigenvalue weighted by molar-refractivity contribution is 8.04. The second-order valence-electron chi connectivity index (χ2n) is 9.25. The van der Waals surface area contributed by atoms with Crippen molar-refractivity contribution in [3.63, 3.8) is 0 Å². The lowest BCUT2D eigenvalue weighted by Gasteiger charge is -2.30. The Morgan fingerprint density at radius 3 is 2.11 bits per heavy atom. The van der Waals surface area contributed by atoms with E-state index < -0.39 is 0 Å². The number of hydrogen-bond donors (Lipinski definition) is 1. The molecule has 4 aromatic carbocycles. The fourth-order valence-corrected chi connectivity index (χ4v) is 5.23. The monoisotopic (exact) mass is 504 g/mol. The maximum atomic E-state index is 13.6. The molecule has 4 aromatic rings. The second kappa shape index (κ2) is 10.9. The number of rotatable bonds is 6. The molecule has 184 valence electrons. The molecule has 0 fully saturated rings. The summed E-state index contributed by atoms with van der Waals surface area (Å²) in [7, 11) is 0. The van der Waals surface area contributed by atoms with Gasteiger partial charge in [-0.3, -0.25) is 9.59 Å². The van der Waals surface area contributed by atoms with Crippen LogP contribution in [0.2, 0.25) is 0 Å². The Morgan fingerprint density at radius 2 is 1.43 bits per heavy atom. The number of nitrogens with one attached hydrogen (secondary N) is 1. The van der Waals surface area contributed by atoms with E-state index in [-0.39, 0.29) is 11.8 Å². The number of anilines is 1. The van der Waals surface area contributed by atoms with Crippen LogP contribution in [0.15, 0.2) is 107 Å². The average Bonchev–Trinajstić information content (AvgIpc) is 2.92. The van der Waals surface area contributed by atoms with E-state index in [9.17, 15) is 9.59 Å². The summed E-state index contributed by atoms with van der Waals surface area (Å²) >= 11 is 1.48. The number of nitrogens with zero attached hydrogens (tertiary/aromatic N) is 1. The first-order chi connectivity index (χ1) is 18.0. The molecule has 37 heavy (non-hydrogen) atoms. The molecular weight excluding hydrogens is 476 g/mol. The van der Waals surface area contributed by atoms with Gasteiger partial charge in [0.25, 0.3) is 11.8 Å². The summed E-state index contributed by atoms with van der Waals surface area (Å²) in [6.07, 6.45) is 1.90. The molecule has 0 atom stereocenters. The van der Waals surface area contributed by atoms with Gasteiger partial charge in [-0.05, 0) is 60.9 Å². The summed E-state index contributed by atoms with van der Waals surface area (Å²) in [5, 5.41) is 2.97. The van der Waals surface area contributed by atoms with E-state index in [1.54, 1.807) is 12.1 Å². The van der Waals surface area contributed by atoms with E-state index in [2.05, 4.69) is 36.5 Å². The Kier molecular flexibility index (Phi) is 7.24. The van der Waals surface area contributed by atoms with Crippen molar-refractivity contribution < 1.29 is 9.59 Å². The molecule has 0 aliphatic carbocycles. The van der Waals surface area contributed by atoms with Gasteiger partial charge in [0, 0.05) is 17.0 Å². The van der Waals surface area contributed by atoms with Crippen molar-refractivity contribution in [1.29, 1.82) is 0 Å². The molecule has 4 nitrogen and oxygen atoms in total. The molecule has 1 aliphatic rings. The van der Waals surface area contributed by atoms with Crippen molar-refractivity contribution in [1.82, 2.24) is 5.32 Å². The van der Waals surface area contributed by atoms with Gasteiger partial charge >= 0.3 is 0 Å². The zero-order chi connectivity index (χ0) is 25.8. The standard InChI is InChI=1S/C32H28N2O2S/c1-22-7-11-25(12-8-22)20-33-31(35)27-17-15-24(16-18-27)19-30-32(36)34(21-26-13-9-23(2)10-14-26)28-5-3-4-6-29(28)37-30/h3-19H,20-21H2,1-2H3,(H,33,35). The predicted octanol–water partition coefficient (Wildman–Crippen LogP) is 6.91. The third-order valence-corrected chi connectivity index (χ3v) is 7.42. The summed E-state index contributed by atoms with van der Waals surface area (Å²) in [5.41, 5.74) is 6.91. The van der Waals surface area contributed by atoms with Gasteiger partial charge in [-0.2, -0.15) is 0 Å². The molecule has 0 aromatic heterocycles. The minimum atomic E-state index is -0.124. The van der Waals surface area contributed by atoms with Crippen LogP contribution in [0.5, 0.6) is 0 Å². The number of carbonyl (C=O) groups excluding carboxylic acids is 2. The predicted molar refractivity (Wildman–Crippen MR) is 151 cm³/mol.